The molecule has 0 unspecified atom stereocenters. The highest BCUT2D eigenvalue weighted by atomic mass is 79.9. The highest BCUT2D eigenvalue weighted by Crippen LogP contribution is 2.28. The highest BCUT2D eigenvalue weighted by molar-refractivity contribution is 9.10. The summed E-state index contributed by atoms with van der Waals surface area (Å²) in [6.45, 7) is 2.15. The number of hydrogen-bond donors (Lipinski definition) is 0. The number of rotatable bonds is 3. The Morgan fingerprint density at radius 2 is 2.20 bits per heavy atom. The van der Waals surface area contributed by atoms with Crippen molar-refractivity contribution in [2.75, 3.05) is 0 Å². The molecular weight excluding hydrogens is 290 g/mol. The van der Waals surface area contributed by atoms with Crippen molar-refractivity contribution in [3.05, 3.63) is 45.4 Å². The van der Waals surface area contributed by atoms with Crippen LogP contribution >= 0.6 is 39.0 Å². The zero-order chi connectivity index (χ0) is 10.7. The van der Waals surface area contributed by atoms with Crippen LogP contribution in [0.25, 0.3) is 0 Å². The number of nitrogens with zero attached hydrogens (tertiary/aromatic N) is 1. The lowest BCUT2D eigenvalue weighted by Gasteiger charge is -2.02. The molecule has 0 fully saturated rings. The Bertz CT molecular complexity index is 453. The molecule has 78 valence electrons. The van der Waals surface area contributed by atoms with E-state index < -0.39 is 0 Å². The van der Waals surface area contributed by atoms with Crippen LogP contribution in [0.3, 0.4) is 0 Å². The highest BCUT2D eigenvalue weighted by Gasteiger charge is 2.02. The first-order valence-electron chi connectivity index (χ1n) is 4.54. The quantitative estimate of drug-likeness (QED) is 0.774. The predicted molar refractivity (Wildman–Crippen MR) is 70.6 cm³/mol. The van der Waals surface area contributed by atoms with Crippen molar-refractivity contribution in [1.29, 1.82) is 0 Å². The second kappa shape index (κ2) is 5.14. The van der Waals surface area contributed by atoms with E-state index >= 15 is 0 Å². The number of aryl methyl sites for hydroxylation is 1. The van der Waals surface area contributed by atoms with Gasteiger partial charge in [-0.3, -0.25) is 0 Å². The Hall–Kier alpha value is -0.320. The molecular formula is C11H10BrNS2. The van der Waals surface area contributed by atoms with E-state index in [1.54, 1.807) is 23.1 Å². The summed E-state index contributed by atoms with van der Waals surface area (Å²) in [6.07, 6.45) is 0. The first-order chi connectivity index (χ1) is 7.25. The van der Waals surface area contributed by atoms with Gasteiger partial charge in [0.05, 0.1) is 0 Å². The topological polar surface area (TPSA) is 12.9 Å². The summed E-state index contributed by atoms with van der Waals surface area (Å²) < 4.78 is 2.05. The van der Waals surface area contributed by atoms with Crippen LogP contribution in [-0.2, 0) is 5.75 Å². The predicted octanol–water partition coefficient (Wildman–Crippen LogP) is 4.51. The van der Waals surface area contributed by atoms with Crippen LogP contribution < -0.4 is 0 Å². The fourth-order valence-corrected chi connectivity index (χ4v) is 3.67. The van der Waals surface area contributed by atoms with E-state index in [0.717, 1.165) is 14.7 Å². The molecule has 0 aliphatic rings. The normalized spacial score (nSPS) is 10.5. The monoisotopic (exact) mass is 299 g/mol. The van der Waals surface area contributed by atoms with E-state index in [1.165, 1.54) is 11.1 Å². The van der Waals surface area contributed by atoms with E-state index in [4.69, 9.17) is 0 Å². The molecule has 0 saturated carbocycles. The van der Waals surface area contributed by atoms with Crippen molar-refractivity contribution < 1.29 is 0 Å². The van der Waals surface area contributed by atoms with Gasteiger partial charge in [0, 0.05) is 11.1 Å². The lowest BCUT2D eigenvalue weighted by Crippen LogP contribution is -1.84. The van der Waals surface area contributed by atoms with Crippen LogP contribution in [0.2, 0.25) is 0 Å². The van der Waals surface area contributed by atoms with Crippen LogP contribution in [0, 0.1) is 6.92 Å². The van der Waals surface area contributed by atoms with Crippen molar-refractivity contribution in [1.82, 2.24) is 4.98 Å². The molecule has 0 spiro atoms. The molecule has 1 nitrogen and oxygen atoms in total. The second-order valence-corrected chi connectivity index (χ2v) is 6.04. The third kappa shape index (κ3) is 3.06. The van der Waals surface area contributed by atoms with E-state index in [1.807, 2.05) is 5.38 Å². The Morgan fingerprint density at radius 1 is 1.40 bits per heavy atom. The zero-order valence-corrected chi connectivity index (χ0v) is 11.5. The van der Waals surface area contributed by atoms with Gasteiger partial charge in [0.2, 0.25) is 0 Å². The molecule has 0 saturated heterocycles. The molecule has 1 aromatic carbocycles. The van der Waals surface area contributed by atoms with E-state index in [9.17, 15) is 0 Å². The summed E-state index contributed by atoms with van der Waals surface area (Å²) >= 11 is 6.82. The van der Waals surface area contributed by atoms with Gasteiger partial charge in [0.25, 0.3) is 0 Å². The molecule has 0 radical (unpaired) electrons. The number of aromatic nitrogens is 1. The van der Waals surface area contributed by atoms with Gasteiger partial charge in [-0.1, -0.05) is 36.0 Å². The summed E-state index contributed by atoms with van der Waals surface area (Å²) in [6, 6.07) is 8.47. The molecule has 15 heavy (non-hydrogen) atoms. The Morgan fingerprint density at radius 3 is 2.87 bits per heavy atom. The summed E-state index contributed by atoms with van der Waals surface area (Å²) in [5.74, 6) is 0.993. The number of thiazole rings is 1. The third-order valence-electron chi connectivity index (χ3n) is 2.07. The van der Waals surface area contributed by atoms with E-state index in [0.29, 0.717) is 0 Å². The lowest BCUT2D eigenvalue weighted by molar-refractivity contribution is 1.20. The maximum Gasteiger partial charge on any atom is 0.151 e. The lowest BCUT2D eigenvalue weighted by atomic mass is 10.1. The van der Waals surface area contributed by atoms with Crippen LogP contribution in [0.15, 0.2) is 38.6 Å². The Balaban J connectivity index is 2.02. The molecule has 4 heteroatoms. The van der Waals surface area contributed by atoms with Gasteiger partial charge in [-0.25, -0.2) is 4.98 Å². The molecule has 2 aromatic rings. The molecule has 0 N–H and O–H groups in total. The fraction of sp³-hybridized carbons (Fsp3) is 0.182. The number of thioether (sulfide) groups is 1. The molecule has 0 aliphatic carbocycles. The average Bonchev–Trinajstić information content (AvgIpc) is 2.63. The Kier molecular flexibility index (Phi) is 3.83. The van der Waals surface area contributed by atoms with Crippen molar-refractivity contribution >= 4 is 39.0 Å². The second-order valence-electron chi connectivity index (χ2n) is 3.15. The summed E-state index contributed by atoms with van der Waals surface area (Å²) in [5, 5.41) is 2.01. The standard InChI is InChI=1S/C11H10BrNS2/c1-8-4-2-3-5-9(8)6-14-11-13-10(12)7-15-11/h2-5,7H,6H2,1H3. The number of benzene rings is 1. The van der Waals surface area contributed by atoms with E-state index in [-0.39, 0.29) is 0 Å². The van der Waals surface area contributed by atoms with Gasteiger partial charge in [-0.05, 0) is 34.0 Å². The SMILES string of the molecule is Cc1ccccc1CSc1nc(Br)cs1. The minimum Gasteiger partial charge on any atom is -0.223 e. The Labute approximate surface area is 106 Å². The molecule has 1 aromatic heterocycles. The minimum atomic E-state index is 0.930. The average molecular weight is 300 g/mol. The summed E-state index contributed by atoms with van der Waals surface area (Å²) in [5.41, 5.74) is 2.73. The molecule has 0 atom stereocenters. The molecule has 0 amide bonds. The van der Waals surface area contributed by atoms with Gasteiger partial charge in [0.1, 0.15) is 4.60 Å². The smallest absolute Gasteiger partial charge is 0.151 e. The largest absolute Gasteiger partial charge is 0.223 e. The van der Waals surface area contributed by atoms with Crippen molar-refractivity contribution in [3.8, 4) is 0 Å². The number of halogens is 1. The molecule has 0 aliphatic heterocycles. The fourth-order valence-electron chi connectivity index (χ4n) is 1.22. The summed E-state index contributed by atoms with van der Waals surface area (Å²) in [7, 11) is 0. The van der Waals surface area contributed by atoms with Crippen molar-refractivity contribution in [2.24, 2.45) is 0 Å². The maximum atomic E-state index is 4.35. The third-order valence-corrected chi connectivity index (χ3v) is 4.85. The van der Waals surface area contributed by atoms with Crippen LogP contribution in [-0.4, -0.2) is 4.98 Å². The minimum absolute atomic E-state index is 0.930. The van der Waals surface area contributed by atoms with Crippen molar-refractivity contribution in [2.45, 2.75) is 17.0 Å². The molecule has 0 bridgehead atoms. The van der Waals surface area contributed by atoms with Crippen LogP contribution in [0.4, 0.5) is 0 Å². The number of hydrogen-bond acceptors (Lipinski definition) is 3. The molecule has 2 rings (SSSR count). The van der Waals surface area contributed by atoms with Gasteiger partial charge in [0.15, 0.2) is 4.34 Å². The first-order valence-corrected chi connectivity index (χ1v) is 7.20. The first kappa shape index (κ1) is 11.2. The van der Waals surface area contributed by atoms with E-state index in [2.05, 4.69) is 52.1 Å². The molecule has 1 heterocycles. The maximum absolute atomic E-state index is 4.35. The van der Waals surface area contributed by atoms with Gasteiger partial charge >= 0.3 is 0 Å². The van der Waals surface area contributed by atoms with Crippen LogP contribution in [0.5, 0.6) is 0 Å². The van der Waals surface area contributed by atoms with Gasteiger partial charge < -0.3 is 0 Å². The van der Waals surface area contributed by atoms with Gasteiger partial charge in [-0.15, -0.1) is 11.3 Å². The van der Waals surface area contributed by atoms with Crippen molar-refractivity contribution in [3.63, 3.8) is 0 Å². The van der Waals surface area contributed by atoms with Gasteiger partial charge in [-0.2, -0.15) is 0 Å². The zero-order valence-electron chi connectivity index (χ0n) is 8.24. The summed E-state index contributed by atoms with van der Waals surface area (Å²) in [4.78, 5) is 4.35. The van der Waals surface area contributed by atoms with Crippen LogP contribution in [0.1, 0.15) is 11.1 Å².